The largest absolute Gasteiger partial charge is 0.384 e. The molecule has 1 aliphatic carbocycles. The minimum Gasteiger partial charge on any atom is -0.384 e. The van der Waals surface area contributed by atoms with Gasteiger partial charge in [-0.05, 0) is 38.1 Å². The quantitative estimate of drug-likeness (QED) is 0.585. The van der Waals surface area contributed by atoms with E-state index in [2.05, 4.69) is 12.2 Å². The Morgan fingerprint density at radius 3 is 2.77 bits per heavy atom. The Labute approximate surface area is 82.0 Å². The average molecular weight is 185 g/mol. The van der Waals surface area contributed by atoms with Crippen LogP contribution in [-0.2, 0) is 4.74 Å². The summed E-state index contributed by atoms with van der Waals surface area (Å²) in [6, 6.07) is 0.872. The highest BCUT2D eigenvalue weighted by Gasteiger charge is 2.19. The van der Waals surface area contributed by atoms with E-state index in [-0.39, 0.29) is 0 Å². The molecule has 0 radical (unpaired) electrons. The number of hydrogen-bond acceptors (Lipinski definition) is 2. The van der Waals surface area contributed by atoms with Crippen LogP contribution in [0, 0.1) is 5.92 Å². The molecule has 13 heavy (non-hydrogen) atoms. The highest BCUT2D eigenvalue weighted by atomic mass is 16.5. The molecular weight excluding hydrogens is 162 g/mol. The highest BCUT2D eigenvalue weighted by molar-refractivity contribution is 4.80. The molecule has 0 spiro atoms. The third-order valence-electron chi connectivity index (χ3n) is 2.59. The molecule has 0 aromatic heterocycles. The van der Waals surface area contributed by atoms with Crippen molar-refractivity contribution in [2.24, 2.45) is 5.92 Å². The summed E-state index contributed by atoms with van der Waals surface area (Å²) < 4.78 is 5.09. The summed E-state index contributed by atoms with van der Waals surface area (Å²) in [7, 11) is 1.78. The second kappa shape index (κ2) is 6.39. The average Bonchev–Trinajstić information content (AvgIpc) is 2.88. The van der Waals surface area contributed by atoms with Crippen LogP contribution in [0.4, 0.5) is 0 Å². The monoisotopic (exact) mass is 185 g/mol. The third kappa shape index (κ3) is 6.05. The fourth-order valence-corrected chi connectivity index (χ4v) is 1.58. The van der Waals surface area contributed by atoms with Gasteiger partial charge in [-0.15, -0.1) is 0 Å². The van der Waals surface area contributed by atoms with E-state index in [0.29, 0.717) is 0 Å². The van der Waals surface area contributed by atoms with Gasteiger partial charge in [0, 0.05) is 19.8 Å². The van der Waals surface area contributed by atoms with E-state index in [1.807, 2.05) is 0 Å². The first-order valence-corrected chi connectivity index (χ1v) is 5.55. The van der Waals surface area contributed by atoms with Crippen LogP contribution in [0.15, 0.2) is 0 Å². The standard InChI is InChI=1S/C11H23NO/c1-10(9-13-2)5-3-4-8-12-11-6-7-11/h10-12H,3-9H2,1-2H3. The van der Waals surface area contributed by atoms with Crippen LogP contribution in [0.3, 0.4) is 0 Å². The van der Waals surface area contributed by atoms with Crippen molar-refractivity contribution in [3.8, 4) is 0 Å². The van der Waals surface area contributed by atoms with Crippen LogP contribution >= 0.6 is 0 Å². The minimum absolute atomic E-state index is 0.728. The van der Waals surface area contributed by atoms with Crippen LogP contribution in [0.25, 0.3) is 0 Å². The second-order valence-corrected chi connectivity index (χ2v) is 4.28. The van der Waals surface area contributed by atoms with Crippen LogP contribution in [0.5, 0.6) is 0 Å². The van der Waals surface area contributed by atoms with Gasteiger partial charge in [0.15, 0.2) is 0 Å². The lowest BCUT2D eigenvalue weighted by Crippen LogP contribution is -2.17. The highest BCUT2D eigenvalue weighted by Crippen LogP contribution is 2.18. The molecule has 0 saturated heterocycles. The Hall–Kier alpha value is -0.0800. The lowest BCUT2D eigenvalue weighted by molar-refractivity contribution is 0.154. The zero-order valence-corrected chi connectivity index (χ0v) is 9.01. The molecule has 78 valence electrons. The van der Waals surface area contributed by atoms with Gasteiger partial charge >= 0.3 is 0 Å². The van der Waals surface area contributed by atoms with Crippen LogP contribution in [0.1, 0.15) is 39.0 Å². The van der Waals surface area contributed by atoms with Gasteiger partial charge in [0.25, 0.3) is 0 Å². The van der Waals surface area contributed by atoms with E-state index in [4.69, 9.17) is 4.74 Å². The smallest absolute Gasteiger partial charge is 0.0487 e. The van der Waals surface area contributed by atoms with Gasteiger partial charge in [-0.2, -0.15) is 0 Å². The van der Waals surface area contributed by atoms with Crippen molar-refractivity contribution in [3.63, 3.8) is 0 Å². The Bertz CT molecular complexity index is 123. The van der Waals surface area contributed by atoms with Crippen molar-refractivity contribution in [2.75, 3.05) is 20.3 Å². The summed E-state index contributed by atoms with van der Waals surface area (Å²) in [5.41, 5.74) is 0. The van der Waals surface area contributed by atoms with Crippen molar-refractivity contribution in [1.82, 2.24) is 5.32 Å². The summed E-state index contributed by atoms with van der Waals surface area (Å²) in [6.45, 7) is 4.39. The van der Waals surface area contributed by atoms with Gasteiger partial charge < -0.3 is 10.1 Å². The van der Waals surface area contributed by atoms with E-state index in [0.717, 1.165) is 18.6 Å². The number of unbranched alkanes of at least 4 members (excludes halogenated alkanes) is 1. The Kier molecular flexibility index (Phi) is 5.40. The molecule has 1 atom stereocenters. The summed E-state index contributed by atoms with van der Waals surface area (Å²) in [5, 5.41) is 3.53. The Balaban J connectivity index is 1.76. The topological polar surface area (TPSA) is 21.3 Å². The molecule has 1 unspecified atom stereocenters. The summed E-state index contributed by atoms with van der Waals surface area (Å²) >= 11 is 0. The van der Waals surface area contributed by atoms with Crippen LogP contribution in [0.2, 0.25) is 0 Å². The molecule has 1 N–H and O–H groups in total. The molecule has 1 fully saturated rings. The van der Waals surface area contributed by atoms with Gasteiger partial charge in [0.1, 0.15) is 0 Å². The lowest BCUT2D eigenvalue weighted by Gasteiger charge is -2.09. The second-order valence-electron chi connectivity index (χ2n) is 4.28. The molecule has 0 aromatic carbocycles. The van der Waals surface area contributed by atoms with Gasteiger partial charge in [-0.3, -0.25) is 0 Å². The number of hydrogen-bond donors (Lipinski definition) is 1. The predicted octanol–water partition coefficient (Wildman–Crippen LogP) is 2.19. The zero-order valence-electron chi connectivity index (χ0n) is 9.01. The van der Waals surface area contributed by atoms with Crippen molar-refractivity contribution in [1.29, 1.82) is 0 Å². The SMILES string of the molecule is COCC(C)CCCCNC1CC1. The van der Waals surface area contributed by atoms with E-state index < -0.39 is 0 Å². The van der Waals surface area contributed by atoms with Crippen molar-refractivity contribution in [3.05, 3.63) is 0 Å². The number of rotatable bonds is 8. The molecule has 1 saturated carbocycles. The molecule has 0 aromatic rings. The third-order valence-corrected chi connectivity index (χ3v) is 2.59. The van der Waals surface area contributed by atoms with E-state index in [1.54, 1.807) is 7.11 Å². The minimum atomic E-state index is 0.728. The number of methoxy groups -OCH3 is 1. The maximum atomic E-state index is 5.09. The summed E-state index contributed by atoms with van der Waals surface area (Å²) in [4.78, 5) is 0. The molecule has 2 heteroatoms. The maximum Gasteiger partial charge on any atom is 0.0487 e. The summed E-state index contributed by atoms with van der Waals surface area (Å²) in [6.07, 6.45) is 6.77. The van der Waals surface area contributed by atoms with E-state index in [1.165, 1.54) is 38.6 Å². The van der Waals surface area contributed by atoms with Crippen molar-refractivity contribution in [2.45, 2.75) is 45.1 Å². The first kappa shape index (κ1) is 11.0. The molecule has 0 amide bonds. The molecule has 2 nitrogen and oxygen atoms in total. The normalized spacial score (nSPS) is 18.9. The van der Waals surface area contributed by atoms with Gasteiger partial charge in [0.05, 0.1) is 0 Å². The molecule has 0 aliphatic heterocycles. The van der Waals surface area contributed by atoms with Crippen LogP contribution in [-0.4, -0.2) is 26.3 Å². The van der Waals surface area contributed by atoms with Crippen molar-refractivity contribution < 1.29 is 4.74 Å². The fourth-order valence-electron chi connectivity index (χ4n) is 1.58. The molecular formula is C11H23NO. The summed E-state index contributed by atoms with van der Waals surface area (Å²) in [5.74, 6) is 0.728. The van der Waals surface area contributed by atoms with Crippen molar-refractivity contribution >= 4 is 0 Å². The maximum absolute atomic E-state index is 5.09. The van der Waals surface area contributed by atoms with E-state index in [9.17, 15) is 0 Å². The van der Waals surface area contributed by atoms with E-state index >= 15 is 0 Å². The predicted molar refractivity (Wildman–Crippen MR) is 55.9 cm³/mol. The molecule has 1 rings (SSSR count). The van der Waals surface area contributed by atoms with Crippen LogP contribution < -0.4 is 5.32 Å². The fraction of sp³-hybridized carbons (Fsp3) is 1.00. The number of ether oxygens (including phenoxy) is 1. The Morgan fingerprint density at radius 2 is 2.15 bits per heavy atom. The molecule has 0 heterocycles. The Morgan fingerprint density at radius 1 is 1.38 bits per heavy atom. The first-order chi connectivity index (χ1) is 6.33. The number of nitrogens with one attached hydrogen (secondary N) is 1. The van der Waals surface area contributed by atoms with Gasteiger partial charge in [-0.1, -0.05) is 13.3 Å². The molecule has 1 aliphatic rings. The van der Waals surface area contributed by atoms with Gasteiger partial charge in [0.2, 0.25) is 0 Å². The van der Waals surface area contributed by atoms with Gasteiger partial charge in [-0.25, -0.2) is 0 Å². The molecule has 0 bridgehead atoms. The lowest BCUT2D eigenvalue weighted by atomic mass is 10.1. The zero-order chi connectivity index (χ0) is 9.52. The first-order valence-electron chi connectivity index (χ1n) is 5.55.